The fourth-order valence-corrected chi connectivity index (χ4v) is 5.52. The maximum Gasteiger partial charge on any atom is 0.108 e. The number of benzene rings is 1. The van der Waals surface area contributed by atoms with Gasteiger partial charge in [0.2, 0.25) is 0 Å². The van der Waals surface area contributed by atoms with E-state index in [2.05, 4.69) is 37.3 Å². The lowest BCUT2D eigenvalue weighted by Crippen LogP contribution is -2.48. The average Bonchev–Trinajstić information content (AvgIpc) is 2.66. The van der Waals surface area contributed by atoms with E-state index < -0.39 is 0 Å². The molecule has 0 atom stereocenters. The summed E-state index contributed by atoms with van der Waals surface area (Å²) in [5.41, 5.74) is 1.79. The maximum atomic E-state index is 9.67. The number of nitriles is 1. The van der Waals surface area contributed by atoms with Gasteiger partial charge in [-0.1, -0.05) is 43.4 Å². The van der Waals surface area contributed by atoms with E-state index in [1.807, 2.05) is 0 Å². The van der Waals surface area contributed by atoms with Crippen LogP contribution >= 0.6 is 11.8 Å². The number of rotatable bonds is 2. The Morgan fingerprint density at radius 2 is 1.60 bits per heavy atom. The number of hydrogen-bond acceptors (Lipinski definition) is 2. The van der Waals surface area contributed by atoms with Gasteiger partial charge in [0, 0.05) is 4.90 Å². The molecule has 1 spiro atoms. The van der Waals surface area contributed by atoms with Crippen LogP contribution in [0, 0.1) is 23.7 Å². The predicted molar refractivity (Wildman–Crippen MR) is 84.7 cm³/mol. The second-order valence-corrected chi connectivity index (χ2v) is 8.25. The summed E-state index contributed by atoms with van der Waals surface area (Å²) in [5, 5.41) is 9.67. The molecule has 1 aromatic carbocycles. The molecule has 20 heavy (non-hydrogen) atoms. The van der Waals surface area contributed by atoms with Gasteiger partial charge in [-0.25, -0.2) is 0 Å². The first-order valence-corrected chi connectivity index (χ1v) is 8.64. The normalized spacial score (nSPS) is 23.6. The van der Waals surface area contributed by atoms with Crippen molar-refractivity contribution in [3.63, 3.8) is 0 Å². The largest absolute Gasteiger partial charge is 0.197 e. The Balaban J connectivity index is 1.69. The van der Waals surface area contributed by atoms with Crippen LogP contribution in [0.4, 0.5) is 0 Å². The van der Waals surface area contributed by atoms with Crippen LogP contribution < -0.4 is 0 Å². The Morgan fingerprint density at radius 1 is 1.00 bits per heavy atom. The number of aryl methyl sites for hydroxylation is 1. The highest BCUT2D eigenvalue weighted by atomic mass is 32.2. The molecular weight excluding hydrogens is 262 g/mol. The molecule has 0 amide bonds. The Hall–Kier alpha value is -0.940. The minimum Gasteiger partial charge on any atom is -0.197 e. The predicted octanol–water partition coefficient (Wildman–Crippen LogP) is 5.48. The molecule has 0 saturated heterocycles. The standard InChI is InChI=1S/C18H23NS/c1-15-6-8-16(9-7-15)20-18(14-19)12-17(13-18)10-4-2-3-5-11-17/h6-9H,2-5,10-13H2,1H3. The zero-order valence-electron chi connectivity index (χ0n) is 12.3. The van der Waals surface area contributed by atoms with Crippen molar-refractivity contribution in [3.8, 4) is 6.07 Å². The van der Waals surface area contributed by atoms with Gasteiger partial charge in [-0.3, -0.25) is 0 Å². The summed E-state index contributed by atoms with van der Waals surface area (Å²) >= 11 is 1.80. The topological polar surface area (TPSA) is 23.8 Å². The number of nitrogens with zero attached hydrogens (tertiary/aromatic N) is 1. The maximum absolute atomic E-state index is 9.67. The third-order valence-electron chi connectivity index (χ3n) is 5.02. The highest BCUT2D eigenvalue weighted by molar-refractivity contribution is 8.01. The van der Waals surface area contributed by atoms with Crippen LogP contribution in [0.5, 0.6) is 0 Å². The van der Waals surface area contributed by atoms with Gasteiger partial charge >= 0.3 is 0 Å². The monoisotopic (exact) mass is 285 g/mol. The third-order valence-corrected chi connectivity index (χ3v) is 6.30. The fraction of sp³-hybridized carbons (Fsp3) is 0.611. The van der Waals surface area contributed by atoms with Gasteiger partial charge in [0.05, 0.1) is 6.07 Å². The van der Waals surface area contributed by atoms with Crippen molar-refractivity contribution < 1.29 is 0 Å². The molecule has 0 radical (unpaired) electrons. The zero-order valence-corrected chi connectivity index (χ0v) is 13.1. The van der Waals surface area contributed by atoms with Gasteiger partial charge in [-0.15, -0.1) is 11.8 Å². The van der Waals surface area contributed by atoms with E-state index >= 15 is 0 Å². The van der Waals surface area contributed by atoms with Crippen LogP contribution in [-0.2, 0) is 0 Å². The van der Waals surface area contributed by atoms with Crippen molar-refractivity contribution in [1.82, 2.24) is 0 Å². The Labute approximate surface area is 126 Å². The van der Waals surface area contributed by atoms with Crippen molar-refractivity contribution in [2.45, 2.75) is 67.9 Å². The molecule has 106 valence electrons. The van der Waals surface area contributed by atoms with Gasteiger partial charge in [0.1, 0.15) is 4.75 Å². The smallest absolute Gasteiger partial charge is 0.108 e. The van der Waals surface area contributed by atoms with Crippen LogP contribution in [0.2, 0.25) is 0 Å². The summed E-state index contributed by atoms with van der Waals surface area (Å²) in [6, 6.07) is 11.3. The summed E-state index contributed by atoms with van der Waals surface area (Å²) in [4.78, 5) is 1.25. The quantitative estimate of drug-likeness (QED) is 0.718. The zero-order chi connectivity index (χ0) is 14.1. The average molecular weight is 285 g/mol. The lowest BCUT2D eigenvalue weighted by molar-refractivity contribution is 0.0882. The first kappa shape index (κ1) is 14.0. The molecule has 2 fully saturated rings. The molecular formula is C18H23NS. The van der Waals surface area contributed by atoms with Crippen molar-refractivity contribution in [1.29, 1.82) is 5.26 Å². The van der Waals surface area contributed by atoms with Crippen molar-refractivity contribution in [2.24, 2.45) is 5.41 Å². The molecule has 1 aromatic rings. The lowest BCUT2D eigenvalue weighted by Gasteiger charge is -2.52. The lowest BCUT2D eigenvalue weighted by atomic mass is 9.58. The summed E-state index contributed by atoms with van der Waals surface area (Å²) in [6.07, 6.45) is 10.5. The minimum absolute atomic E-state index is 0.153. The van der Waals surface area contributed by atoms with Crippen molar-refractivity contribution in [3.05, 3.63) is 29.8 Å². The second kappa shape index (κ2) is 5.45. The number of hydrogen-bond donors (Lipinski definition) is 0. The molecule has 2 aliphatic rings. The van der Waals surface area contributed by atoms with E-state index in [-0.39, 0.29) is 4.75 Å². The van der Waals surface area contributed by atoms with Crippen LogP contribution in [-0.4, -0.2) is 4.75 Å². The molecule has 0 aliphatic heterocycles. The van der Waals surface area contributed by atoms with E-state index in [1.165, 1.54) is 49.0 Å². The van der Waals surface area contributed by atoms with Crippen molar-refractivity contribution >= 4 is 11.8 Å². The first-order chi connectivity index (χ1) is 9.65. The molecule has 2 heteroatoms. The molecule has 3 rings (SSSR count). The van der Waals surface area contributed by atoms with E-state index in [9.17, 15) is 5.26 Å². The number of thioether (sulfide) groups is 1. The van der Waals surface area contributed by atoms with Crippen LogP contribution in [0.15, 0.2) is 29.2 Å². The van der Waals surface area contributed by atoms with Crippen molar-refractivity contribution in [2.75, 3.05) is 0 Å². The third kappa shape index (κ3) is 2.74. The minimum atomic E-state index is -0.153. The molecule has 0 N–H and O–H groups in total. The van der Waals surface area contributed by atoms with Crippen LogP contribution in [0.25, 0.3) is 0 Å². The van der Waals surface area contributed by atoms with Crippen LogP contribution in [0.3, 0.4) is 0 Å². The van der Waals surface area contributed by atoms with Gasteiger partial charge < -0.3 is 0 Å². The van der Waals surface area contributed by atoms with Gasteiger partial charge in [-0.2, -0.15) is 5.26 Å². The van der Waals surface area contributed by atoms with E-state index in [0.717, 1.165) is 12.8 Å². The fourth-order valence-electron chi connectivity index (χ4n) is 4.00. The second-order valence-electron chi connectivity index (χ2n) is 6.79. The molecule has 0 heterocycles. The van der Waals surface area contributed by atoms with E-state index in [1.54, 1.807) is 11.8 Å². The molecule has 2 saturated carbocycles. The van der Waals surface area contributed by atoms with E-state index in [0.29, 0.717) is 5.41 Å². The summed E-state index contributed by atoms with van der Waals surface area (Å²) in [7, 11) is 0. The molecule has 1 nitrogen and oxygen atoms in total. The highest BCUT2D eigenvalue weighted by Crippen LogP contribution is 2.62. The van der Waals surface area contributed by atoms with E-state index in [4.69, 9.17) is 0 Å². The summed E-state index contributed by atoms with van der Waals surface area (Å²) < 4.78 is -0.153. The SMILES string of the molecule is Cc1ccc(SC2(C#N)CC3(CCCCCC3)C2)cc1. The molecule has 0 bridgehead atoms. The molecule has 0 aromatic heterocycles. The van der Waals surface area contributed by atoms with Crippen LogP contribution in [0.1, 0.15) is 56.9 Å². The Morgan fingerprint density at radius 3 is 2.15 bits per heavy atom. The summed E-state index contributed by atoms with van der Waals surface area (Å²) in [6.45, 7) is 2.11. The Bertz CT molecular complexity index is 495. The van der Waals surface area contributed by atoms with Gasteiger partial charge in [0.15, 0.2) is 0 Å². The first-order valence-electron chi connectivity index (χ1n) is 7.82. The highest BCUT2D eigenvalue weighted by Gasteiger charge is 2.55. The molecule has 0 unspecified atom stereocenters. The molecule has 2 aliphatic carbocycles. The summed E-state index contributed by atoms with van der Waals surface area (Å²) in [5.74, 6) is 0. The van der Waals surface area contributed by atoms with Gasteiger partial charge in [-0.05, 0) is 50.2 Å². The van der Waals surface area contributed by atoms with Gasteiger partial charge in [0.25, 0.3) is 0 Å². The Kier molecular flexibility index (Phi) is 3.82.